The number of unbranched alkanes of at least 4 members (excludes halogenated alkanes) is 2. The predicted octanol–water partition coefficient (Wildman–Crippen LogP) is 2.73. The molecule has 3 rings (SSSR count). The Balaban J connectivity index is 1.25. The van der Waals surface area contributed by atoms with E-state index in [0.29, 0.717) is 0 Å². The fourth-order valence-corrected chi connectivity index (χ4v) is 3.10. The number of piperazine rings is 1. The van der Waals surface area contributed by atoms with Gasteiger partial charge in [0.15, 0.2) is 0 Å². The van der Waals surface area contributed by atoms with Crippen LogP contribution in [-0.2, 0) is 0 Å². The maximum Gasteiger partial charge on any atom is 0.0367 e. The van der Waals surface area contributed by atoms with Crippen LogP contribution in [0.25, 0.3) is 0 Å². The van der Waals surface area contributed by atoms with Gasteiger partial charge in [0.2, 0.25) is 0 Å². The lowest BCUT2D eigenvalue weighted by Gasteiger charge is -2.36. The summed E-state index contributed by atoms with van der Waals surface area (Å²) in [6, 6.07) is 11.7. The number of anilines is 1. The van der Waals surface area contributed by atoms with Crippen LogP contribution < -0.4 is 10.2 Å². The average molecular weight is 287 g/mol. The molecule has 0 radical (unpaired) electrons. The molecule has 0 aromatic heterocycles. The molecule has 3 nitrogen and oxygen atoms in total. The van der Waals surface area contributed by atoms with Gasteiger partial charge in [-0.05, 0) is 50.9 Å². The van der Waals surface area contributed by atoms with Crippen LogP contribution in [0.5, 0.6) is 0 Å². The lowest BCUT2D eigenvalue weighted by molar-refractivity contribution is 0.252. The lowest BCUT2D eigenvalue weighted by atomic mass is 10.2. The third kappa shape index (κ3) is 5.01. The second-order valence-corrected chi connectivity index (χ2v) is 6.45. The molecule has 0 amide bonds. The van der Waals surface area contributed by atoms with Gasteiger partial charge in [-0.1, -0.05) is 24.6 Å². The van der Waals surface area contributed by atoms with Crippen molar-refractivity contribution in [2.75, 3.05) is 44.2 Å². The zero-order chi connectivity index (χ0) is 14.3. The molecule has 1 aliphatic carbocycles. The highest BCUT2D eigenvalue weighted by atomic mass is 15.3. The summed E-state index contributed by atoms with van der Waals surface area (Å²) in [5.41, 5.74) is 1.38. The van der Waals surface area contributed by atoms with Crippen LogP contribution in [0.2, 0.25) is 0 Å². The summed E-state index contributed by atoms with van der Waals surface area (Å²) < 4.78 is 0. The average Bonchev–Trinajstić information content (AvgIpc) is 3.36. The molecular formula is C18H29N3. The van der Waals surface area contributed by atoms with Crippen molar-refractivity contribution >= 4 is 5.69 Å². The van der Waals surface area contributed by atoms with Crippen molar-refractivity contribution in [3.05, 3.63) is 30.3 Å². The Morgan fingerprint density at radius 1 is 0.905 bits per heavy atom. The van der Waals surface area contributed by atoms with Crippen molar-refractivity contribution in [2.45, 2.75) is 38.1 Å². The third-order valence-electron chi connectivity index (χ3n) is 4.66. The highest BCUT2D eigenvalue weighted by molar-refractivity contribution is 5.46. The van der Waals surface area contributed by atoms with E-state index in [9.17, 15) is 0 Å². The Labute approximate surface area is 129 Å². The number of benzene rings is 1. The highest BCUT2D eigenvalue weighted by Crippen LogP contribution is 2.18. The zero-order valence-electron chi connectivity index (χ0n) is 13.1. The van der Waals surface area contributed by atoms with E-state index in [1.165, 1.54) is 77.1 Å². The molecule has 3 heteroatoms. The van der Waals surface area contributed by atoms with Crippen LogP contribution in [0, 0.1) is 0 Å². The van der Waals surface area contributed by atoms with E-state index in [1.807, 2.05) is 0 Å². The molecule has 1 aliphatic heterocycles. The van der Waals surface area contributed by atoms with Crippen LogP contribution in [0.15, 0.2) is 30.3 Å². The van der Waals surface area contributed by atoms with Crippen molar-refractivity contribution in [1.82, 2.24) is 10.2 Å². The summed E-state index contributed by atoms with van der Waals surface area (Å²) in [5, 5.41) is 3.60. The van der Waals surface area contributed by atoms with Gasteiger partial charge in [0.25, 0.3) is 0 Å². The van der Waals surface area contributed by atoms with Gasteiger partial charge in [-0.3, -0.25) is 4.90 Å². The predicted molar refractivity (Wildman–Crippen MR) is 90.0 cm³/mol. The minimum atomic E-state index is 0.871. The number of nitrogens with zero attached hydrogens (tertiary/aromatic N) is 2. The van der Waals surface area contributed by atoms with Gasteiger partial charge in [0.1, 0.15) is 0 Å². The van der Waals surface area contributed by atoms with Crippen molar-refractivity contribution in [3.63, 3.8) is 0 Å². The third-order valence-corrected chi connectivity index (χ3v) is 4.66. The molecule has 1 saturated heterocycles. The Kier molecular flexibility index (Phi) is 5.53. The minimum Gasteiger partial charge on any atom is -0.369 e. The molecule has 21 heavy (non-hydrogen) atoms. The van der Waals surface area contributed by atoms with Gasteiger partial charge in [0.05, 0.1) is 0 Å². The topological polar surface area (TPSA) is 18.5 Å². The quantitative estimate of drug-likeness (QED) is 0.742. The molecular weight excluding hydrogens is 258 g/mol. The lowest BCUT2D eigenvalue weighted by Crippen LogP contribution is -2.46. The molecule has 116 valence electrons. The number of para-hydroxylation sites is 1. The Hall–Kier alpha value is -1.06. The molecule has 2 aliphatic rings. The smallest absolute Gasteiger partial charge is 0.0367 e. The van der Waals surface area contributed by atoms with E-state index in [0.717, 1.165) is 6.04 Å². The molecule has 1 aromatic carbocycles. The summed E-state index contributed by atoms with van der Waals surface area (Å²) in [5.74, 6) is 0. The molecule has 1 heterocycles. The van der Waals surface area contributed by atoms with E-state index in [-0.39, 0.29) is 0 Å². The standard InChI is InChI=1S/C18H29N3/c1-3-7-18(8-4-1)21-15-13-20(14-16-21)12-6-2-5-11-19-17-9-10-17/h1,3-4,7-8,17,19H,2,5-6,9-16H2. The Morgan fingerprint density at radius 2 is 1.67 bits per heavy atom. The molecule has 2 fully saturated rings. The molecule has 0 unspecified atom stereocenters. The van der Waals surface area contributed by atoms with E-state index in [2.05, 4.69) is 45.4 Å². The Bertz CT molecular complexity index is 394. The van der Waals surface area contributed by atoms with E-state index in [1.54, 1.807) is 0 Å². The van der Waals surface area contributed by atoms with Gasteiger partial charge >= 0.3 is 0 Å². The van der Waals surface area contributed by atoms with Gasteiger partial charge in [-0.2, -0.15) is 0 Å². The summed E-state index contributed by atoms with van der Waals surface area (Å²) in [4.78, 5) is 5.14. The minimum absolute atomic E-state index is 0.871. The fraction of sp³-hybridized carbons (Fsp3) is 0.667. The van der Waals surface area contributed by atoms with Crippen molar-refractivity contribution < 1.29 is 0 Å². The van der Waals surface area contributed by atoms with Crippen LogP contribution in [-0.4, -0.2) is 50.2 Å². The Morgan fingerprint density at radius 3 is 2.38 bits per heavy atom. The van der Waals surface area contributed by atoms with Crippen molar-refractivity contribution in [1.29, 1.82) is 0 Å². The summed E-state index contributed by atoms with van der Waals surface area (Å²) >= 11 is 0. The second kappa shape index (κ2) is 7.81. The second-order valence-electron chi connectivity index (χ2n) is 6.45. The van der Waals surface area contributed by atoms with E-state index < -0.39 is 0 Å². The zero-order valence-corrected chi connectivity index (χ0v) is 13.1. The molecule has 0 atom stereocenters. The van der Waals surface area contributed by atoms with Gasteiger partial charge < -0.3 is 10.2 Å². The number of nitrogens with one attached hydrogen (secondary N) is 1. The maximum atomic E-state index is 3.60. The van der Waals surface area contributed by atoms with Gasteiger partial charge in [0, 0.05) is 37.9 Å². The summed E-state index contributed by atoms with van der Waals surface area (Å²) in [6.45, 7) is 7.30. The van der Waals surface area contributed by atoms with Crippen LogP contribution in [0.3, 0.4) is 0 Å². The van der Waals surface area contributed by atoms with E-state index in [4.69, 9.17) is 0 Å². The first-order valence-electron chi connectivity index (χ1n) is 8.67. The van der Waals surface area contributed by atoms with Crippen LogP contribution >= 0.6 is 0 Å². The first kappa shape index (κ1) is 14.9. The first-order chi connectivity index (χ1) is 10.4. The molecule has 1 saturated carbocycles. The largest absolute Gasteiger partial charge is 0.369 e. The van der Waals surface area contributed by atoms with Crippen LogP contribution in [0.4, 0.5) is 5.69 Å². The van der Waals surface area contributed by atoms with E-state index >= 15 is 0 Å². The highest BCUT2D eigenvalue weighted by Gasteiger charge is 2.19. The fourth-order valence-electron chi connectivity index (χ4n) is 3.10. The molecule has 0 spiro atoms. The van der Waals surface area contributed by atoms with Crippen LogP contribution in [0.1, 0.15) is 32.1 Å². The normalized spacial score (nSPS) is 19.9. The molecule has 0 bridgehead atoms. The summed E-state index contributed by atoms with van der Waals surface area (Å²) in [6.07, 6.45) is 6.90. The molecule has 1 aromatic rings. The number of hydrogen-bond acceptors (Lipinski definition) is 3. The monoisotopic (exact) mass is 287 g/mol. The maximum absolute atomic E-state index is 3.60. The van der Waals surface area contributed by atoms with Crippen molar-refractivity contribution in [3.8, 4) is 0 Å². The summed E-state index contributed by atoms with van der Waals surface area (Å²) in [7, 11) is 0. The number of hydrogen-bond donors (Lipinski definition) is 1. The molecule has 1 N–H and O–H groups in total. The van der Waals surface area contributed by atoms with Gasteiger partial charge in [-0.15, -0.1) is 0 Å². The van der Waals surface area contributed by atoms with Crippen molar-refractivity contribution in [2.24, 2.45) is 0 Å². The SMILES string of the molecule is c1ccc(N2CCN(CCCCCNC3CC3)CC2)cc1. The first-order valence-corrected chi connectivity index (χ1v) is 8.67. The number of rotatable bonds is 8. The van der Waals surface area contributed by atoms with Gasteiger partial charge in [-0.25, -0.2) is 0 Å².